The highest BCUT2D eigenvalue weighted by Crippen LogP contribution is 2.43. The SMILES string of the molecule is [C-]#[N+]c1ccc2nc(NC(=O)C[C@](C)(O)c3ccc(F)cc3)n(C3(C)CCC3)c2c1. The van der Waals surface area contributed by atoms with Crippen molar-refractivity contribution in [3.05, 3.63) is 65.3 Å². The fraction of sp³-hybridized carbons (Fsp3) is 0.348. The zero-order valence-corrected chi connectivity index (χ0v) is 16.9. The van der Waals surface area contributed by atoms with Crippen LogP contribution in [0.3, 0.4) is 0 Å². The number of benzene rings is 2. The van der Waals surface area contributed by atoms with Gasteiger partial charge in [-0.15, -0.1) is 0 Å². The molecule has 0 saturated heterocycles. The Kier molecular flexibility index (Phi) is 4.83. The van der Waals surface area contributed by atoms with Crippen molar-refractivity contribution in [1.29, 1.82) is 0 Å². The van der Waals surface area contributed by atoms with Crippen molar-refractivity contribution < 1.29 is 14.3 Å². The van der Waals surface area contributed by atoms with Crippen molar-refractivity contribution in [3.8, 4) is 0 Å². The number of aliphatic hydroxyl groups is 1. The summed E-state index contributed by atoms with van der Waals surface area (Å²) in [6, 6.07) is 10.7. The van der Waals surface area contributed by atoms with Gasteiger partial charge >= 0.3 is 0 Å². The highest BCUT2D eigenvalue weighted by molar-refractivity contribution is 5.93. The molecule has 2 aromatic carbocycles. The molecule has 0 radical (unpaired) electrons. The minimum absolute atomic E-state index is 0.183. The normalized spacial score (nSPS) is 17.0. The number of amides is 1. The lowest BCUT2D eigenvalue weighted by Gasteiger charge is -2.41. The molecule has 0 aliphatic heterocycles. The Balaban J connectivity index is 1.65. The number of nitrogens with one attached hydrogen (secondary N) is 1. The molecule has 1 heterocycles. The molecule has 1 aliphatic rings. The number of carbonyl (C=O) groups excluding carboxylic acids is 1. The monoisotopic (exact) mass is 406 g/mol. The van der Waals surface area contributed by atoms with Crippen molar-refractivity contribution in [1.82, 2.24) is 9.55 Å². The van der Waals surface area contributed by atoms with Gasteiger partial charge in [0.1, 0.15) is 5.82 Å². The molecule has 4 rings (SSSR count). The van der Waals surface area contributed by atoms with E-state index in [1.54, 1.807) is 18.2 Å². The van der Waals surface area contributed by atoms with Crippen LogP contribution in [0.4, 0.5) is 16.0 Å². The van der Waals surface area contributed by atoms with Crippen molar-refractivity contribution >= 4 is 28.6 Å². The van der Waals surface area contributed by atoms with Gasteiger partial charge in [-0.2, -0.15) is 0 Å². The lowest BCUT2D eigenvalue weighted by atomic mass is 9.78. The molecule has 1 aromatic heterocycles. The summed E-state index contributed by atoms with van der Waals surface area (Å²) in [6.07, 6.45) is 2.80. The van der Waals surface area contributed by atoms with E-state index < -0.39 is 17.3 Å². The average molecular weight is 406 g/mol. The summed E-state index contributed by atoms with van der Waals surface area (Å²) < 4.78 is 15.2. The van der Waals surface area contributed by atoms with Crippen LogP contribution in [0.25, 0.3) is 15.9 Å². The molecule has 2 N–H and O–H groups in total. The molecule has 1 aliphatic carbocycles. The lowest BCUT2D eigenvalue weighted by Crippen LogP contribution is -2.38. The van der Waals surface area contributed by atoms with E-state index in [1.165, 1.54) is 31.2 Å². The van der Waals surface area contributed by atoms with E-state index in [0.29, 0.717) is 22.7 Å². The summed E-state index contributed by atoms with van der Waals surface area (Å²) in [6.45, 7) is 10.9. The molecule has 0 unspecified atom stereocenters. The molecule has 3 aromatic rings. The smallest absolute Gasteiger partial charge is 0.229 e. The Labute approximate surface area is 174 Å². The molecule has 1 atom stereocenters. The molecule has 1 saturated carbocycles. The van der Waals surface area contributed by atoms with E-state index in [1.807, 2.05) is 4.57 Å². The second kappa shape index (κ2) is 7.22. The molecule has 154 valence electrons. The van der Waals surface area contributed by atoms with Gasteiger partial charge < -0.3 is 9.67 Å². The van der Waals surface area contributed by atoms with E-state index in [2.05, 4.69) is 22.1 Å². The van der Waals surface area contributed by atoms with Crippen LogP contribution in [0.1, 0.15) is 45.1 Å². The van der Waals surface area contributed by atoms with E-state index in [9.17, 15) is 14.3 Å². The molecule has 7 heteroatoms. The van der Waals surface area contributed by atoms with Crippen LogP contribution in [0.2, 0.25) is 0 Å². The van der Waals surface area contributed by atoms with E-state index in [-0.39, 0.29) is 12.0 Å². The number of rotatable bonds is 5. The van der Waals surface area contributed by atoms with E-state index >= 15 is 0 Å². The number of carbonyl (C=O) groups is 1. The number of imidazole rings is 1. The van der Waals surface area contributed by atoms with Crippen LogP contribution in [0, 0.1) is 12.4 Å². The molecular weight excluding hydrogens is 383 g/mol. The second-order valence-electron chi connectivity index (χ2n) is 8.41. The molecular formula is C23H23FN4O2. The zero-order valence-electron chi connectivity index (χ0n) is 16.9. The van der Waals surface area contributed by atoms with Gasteiger partial charge in [-0.05, 0) is 62.9 Å². The fourth-order valence-electron chi connectivity index (χ4n) is 4.07. The van der Waals surface area contributed by atoms with Gasteiger partial charge in [-0.3, -0.25) is 10.1 Å². The average Bonchev–Trinajstić information content (AvgIpc) is 3.02. The Hall–Kier alpha value is -3.24. The first-order valence-electron chi connectivity index (χ1n) is 9.91. The molecule has 30 heavy (non-hydrogen) atoms. The zero-order chi connectivity index (χ0) is 21.5. The van der Waals surface area contributed by atoms with Crippen LogP contribution >= 0.6 is 0 Å². The third kappa shape index (κ3) is 3.55. The Morgan fingerprint density at radius 3 is 2.63 bits per heavy atom. The summed E-state index contributed by atoms with van der Waals surface area (Å²) in [7, 11) is 0. The molecule has 0 spiro atoms. The van der Waals surface area contributed by atoms with Gasteiger partial charge in [0.05, 0.1) is 29.6 Å². The van der Waals surface area contributed by atoms with Crippen molar-refractivity contribution in [2.45, 2.75) is 50.7 Å². The van der Waals surface area contributed by atoms with Gasteiger partial charge in [0.15, 0.2) is 5.69 Å². The minimum atomic E-state index is -1.45. The number of anilines is 1. The maximum Gasteiger partial charge on any atom is 0.229 e. The number of hydrogen-bond donors (Lipinski definition) is 2. The maximum absolute atomic E-state index is 13.2. The van der Waals surface area contributed by atoms with Crippen molar-refractivity contribution in [2.75, 3.05) is 5.32 Å². The summed E-state index contributed by atoms with van der Waals surface area (Å²) in [5.74, 6) is -0.385. The molecule has 1 amide bonds. The number of aromatic nitrogens is 2. The Morgan fingerprint density at radius 1 is 1.33 bits per heavy atom. The summed E-state index contributed by atoms with van der Waals surface area (Å²) >= 11 is 0. The third-order valence-corrected chi connectivity index (χ3v) is 5.96. The van der Waals surface area contributed by atoms with Crippen LogP contribution in [-0.2, 0) is 15.9 Å². The van der Waals surface area contributed by atoms with Gasteiger partial charge in [0, 0.05) is 5.54 Å². The number of nitrogens with zero attached hydrogens (tertiary/aromatic N) is 3. The fourth-order valence-corrected chi connectivity index (χ4v) is 4.07. The van der Waals surface area contributed by atoms with E-state index in [0.717, 1.165) is 24.8 Å². The maximum atomic E-state index is 13.2. The second-order valence-corrected chi connectivity index (χ2v) is 8.41. The number of halogens is 1. The summed E-state index contributed by atoms with van der Waals surface area (Å²) in [5, 5.41) is 13.6. The largest absolute Gasteiger partial charge is 0.385 e. The van der Waals surface area contributed by atoms with Gasteiger partial charge in [0.2, 0.25) is 11.9 Å². The highest BCUT2D eigenvalue weighted by Gasteiger charge is 2.37. The van der Waals surface area contributed by atoms with Crippen LogP contribution < -0.4 is 5.32 Å². The van der Waals surface area contributed by atoms with Crippen molar-refractivity contribution in [2.24, 2.45) is 0 Å². The van der Waals surface area contributed by atoms with Gasteiger partial charge in [-0.1, -0.05) is 18.2 Å². The first-order chi connectivity index (χ1) is 14.2. The highest BCUT2D eigenvalue weighted by atomic mass is 19.1. The van der Waals surface area contributed by atoms with Crippen LogP contribution in [0.15, 0.2) is 42.5 Å². The number of fused-ring (bicyclic) bond motifs is 1. The lowest BCUT2D eigenvalue weighted by molar-refractivity contribution is -0.120. The van der Waals surface area contributed by atoms with Gasteiger partial charge in [-0.25, -0.2) is 14.2 Å². The minimum Gasteiger partial charge on any atom is -0.385 e. The van der Waals surface area contributed by atoms with Crippen LogP contribution in [0.5, 0.6) is 0 Å². The quantitative estimate of drug-likeness (QED) is 0.595. The summed E-state index contributed by atoms with van der Waals surface area (Å²) in [5.41, 5.74) is 0.857. The standard InChI is InChI=1S/C23H23FN4O2/c1-22(11-4-12-22)28-19-13-17(25-3)9-10-18(19)26-21(28)27-20(29)14-23(2,30)15-5-7-16(24)8-6-15/h5-10,13,30H,4,11-12,14H2,1-2H3,(H,26,27,29)/t23-/m0/s1. The van der Waals surface area contributed by atoms with Gasteiger partial charge in [0.25, 0.3) is 0 Å². The van der Waals surface area contributed by atoms with Crippen molar-refractivity contribution in [3.63, 3.8) is 0 Å². The van der Waals surface area contributed by atoms with Crippen LogP contribution in [-0.4, -0.2) is 20.6 Å². The first kappa shape index (κ1) is 20.0. The number of hydrogen-bond acceptors (Lipinski definition) is 3. The topological polar surface area (TPSA) is 71.5 Å². The third-order valence-electron chi connectivity index (χ3n) is 5.96. The molecule has 6 nitrogen and oxygen atoms in total. The molecule has 1 fully saturated rings. The Bertz CT molecular complexity index is 1150. The van der Waals surface area contributed by atoms with E-state index in [4.69, 9.17) is 6.57 Å². The Morgan fingerprint density at radius 2 is 2.03 bits per heavy atom. The predicted molar refractivity (Wildman–Crippen MR) is 113 cm³/mol. The summed E-state index contributed by atoms with van der Waals surface area (Å²) in [4.78, 5) is 20.9. The molecule has 0 bridgehead atoms. The first-order valence-corrected chi connectivity index (χ1v) is 9.91. The predicted octanol–water partition coefficient (Wildman–Crippen LogP) is 4.86.